The Bertz CT molecular complexity index is 279. The molecule has 2 rings (SSSR count). The van der Waals surface area contributed by atoms with Crippen LogP contribution >= 0.6 is 15.9 Å². The first-order valence-corrected chi connectivity index (χ1v) is 6.30. The van der Waals surface area contributed by atoms with Crippen LogP contribution in [-0.4, -0.2) is 40.7 Å². The summed E-state index contributed by atoms with van der Waals surface area (Å²) in [5.41, 5.74) is 0. The van der Waals surface area contributed by atoms with Gasteiger partial charge >= 0.3 is 0 Å². The van der Waals surface area contributed by atoms with E-state index in [1.165, 1.54) is 0 Å². The Hall–Kier alpha value is -0.580. The second kappa shape index (κ2) is 4.51. The lowest BCUT2D eigenvalue weighted by Crippen LogP contribution is -2.47. The Balaban J connectivity index is 1.81. The van der Waals surface area contributed by atoms with Crippen LogP contribution in [0.25, 0.3) is 0 Å². The molecule has 2 fully saturated rings. The van der Waals surface area contributed by atoms with E-state index in [9.17, 15) is 9.59 Å². The highest BCUT2D eigenvalue weighted by Crippen LogP contribution is 2.20. The second-order valence-electron chi connectivity index (χ2n) is 4.21. The van der Waals surface area contributed by atoms with E-state index in [0.717, 1.165) is 25.7 Å². The Labute approximate surface area is 97.5 Å². The van der Waals surface area contributed by atoms with Crippen LogP contribution in [0.5, 0.6) is 0 Å². The number of carbonyl (C=O) groups is 2. The van der Waals surface area contributed by atoms with Crippen LogP contribution < -0.4 is 5.32 Å². The average Bonchev–Trinajstić information content (AvgIpc) is 2.97. The molecule has 1 aliphatic heterocycles. The van der Waals surface area contributed by atoms with Crippen LogP contribution in [0.1, 0.15) is 25.7 Å². The van der Waals surface area contributed by atoms with Gasteiger partial charge in [0.15, 0.2) is 0 Å². The normalized spacial score (nSPS) is 26.6. The van der Waals surface area contributed by atoms with Crippen molar-refractivity contribution >= 4 is 27.7 Å². The number of likely N-dealkylation sites (tertiary alicyclic amines) is 1. The smallest absolute Gasteiger partial charge is 0.239 e. The van der Waals surface area contributed by atoms with E-state index < -0.39 is 0 Å². The van der Waals surface area contributed by atoms with Crippen molar-refractivity contribution in [2.75, 3.05) is 13.1 Å². The molecule has 1 N–H and O–H groups in total. The van der Waals surface area contributed by atoms with Crippen molar-refractivity contribution in [3.63, 3.8) is 0 Å². The van der Waals surface area contributed by atoms with Gasteiger partial charge in [0, 0.05) is 12.6 Å². The highest BCUT2D eigenvalue weighted by molar-refractivity contribution is 9.10. The fraction of sp³-hybridized carbons (Fsp3) is 0.800. The minimum atomic E-state index is -0.0972. The summed E-state index contributed by atoms with van der Waals surface area (Å²) in [7, 11) is 0. The summed E-state index contributed by atoms with van der Waals surface area (Å²) >= 11 is 3.32. The highest BCUT2D eigenvalue weighted by Gasteiger charge is 2.29. The number of nitrogens with zero attached hydrogens (tertiary/aromatic N) is 1. The highest BCUT2D eigenvalue weighted by atomic mass is 79.9. The maximum absolute atomic E-state index is 11.7. The number of hydrogen-bond donors (Lipinski definition) is 1. The molecule has 0 aromatic carbocycles. The summed E-state index contributed by atoms with van der Waals surface area (Å²) in [6.45, 7) is 0.927. The van der Waals surface area contributed by atoms with E-state index in [4.69, 9.17) is 0 Å². The summed E-state index contributed by atoms with van der Waals surface area (Å²) in [4.78, 5) is 24.7. The van der Waals surface area contributed by atoms with Gasteiger partial charge in [-0.1, -0.05) is 15.9 Å². The largest absolute Gasteiger partial charge is 0.352 e. The molecule has 1 aliphatic carbocycles. The van der Waals surface area contributed by atoms with E-state index in [1.807, 2.05) is 0 Å². The molecule has 2 aliphatic rings. The van der Waals surface area contributed by atoms with Crippen molar-refractivity contribution in [2.45, 2.75) is 36.6 Å². The summed E-state index contributed by atoms with van der Waals surface area (Å²) in [5, 5.41) is 2.89. The molecule has 1 atom stereocenters. The molecular formula is C10H15BrN2O2. The van der Waals surface area contributed by atoms with Crippen molar-refractivity contribution in [2.24, 2.45) is 0 Å². The number of nitrogens with one attached hydrogen (secondary N) is 1. The van der Waals surface area contributed by atoms with Gasteiger partial charge in [-0.2, -0.15) is 0 Å². The van der Waals surface area contributed by atoms with E-state index >= 15 is 0 Å². The molecule has 1 heterocycles. The van der Waals surface area contributed by atoms with Crippen molar-refractivity contribution in [1.82, 2.24) is 10.2 Å². The van der Waals surface area contributed by atoms with Crippen molar-refractivity contribution < 1.29 is 9.59 Å². The Morgan fingerprint density at radius 2 is 2.20 bits per heavy atom. The monoisotopic (exact) mass is 274 g/mol. The number of halogens is 1. The molecule has 0 radical (unpaired) electrons. The van der Waals surface area contributed by atoms with Gasteiger partial charge in [-0.15, -0.1) is 0 Å². The SMILES string of the molecule is O=C(CN1CCCC(Br)C1=O)NC1CC1. The van der Waals surface area contributed by atoms with Crippen molar-refractivity contribution in [1.29, 1.82) is 0 Å². The van der Waals surface area contributed by atoms with Crippen LogP contribution in [0.2, 0.25) is 0 Å². The lowest BCUT2D eigenvalue weighted by atomic mass is 10.1. The van der Waals surface area contributed by atoms with Gasteiger partial charge in [-0.25, -0.2) is 0 Å². The van der Waals surface area contributed by atoms with Gasteiger partial charge in [0.1, 0.15) is 0 Å². The molecule has 0 aromatic rings. The summed E-state index contributed by atoms with van der Waals surface area (Å²) < 4.78 is 0. The minimum Gasteiger partial charge on any atom is -0.352 e. The van der Waals surface area contributed by atoms with Crippen LogP contribution in [0.3, 0.4) is 0 Å². The van der Waals surface area contributed by atoms with Crippen LogP contribution in [0.4, 0.5) is 0 Å². The molecule has 84 valence electrons. The fourth-order valence-corrected chi connectivity index (χ4v) is 2.34. The van der Waals surface area contributed by atoms with E-state index in [1.54, 1.807) is 4.90 Å². The Morgan fingerprint density at radius 1 is 1.47 bits per heavy atom. The van der Waals surface area contributed by atoms with E-state index in [-0.39, 0.29) is 23.2 Å². The third kappa shape index (κ3) is 2.93. The van der Waals surface area contributed by atoms with Crippen LogP contribution in [0, 0.1) is 0 Å². The number of rotatable bonds is 3. The zero-order valence-electron chi connectivity index (χ0n) is 8.54. The number of carbonyl (C=O) groups excluding carboxylic acids is 2. The topological polar surface area (TPSA) is 49.4 Å². The summed E-state index contributed by atoms with van der Waals surface area (Å²) in [6, 6.07) is 0.372. The molecule has 15 heavy (non-hydrogen) atoms. The maximum Gasteiger partial charge on any atom is 0.239 e. The average molecular weight is 275 g/mol. The molecule has 1 saturated carbocycles. The maximum atomic E-state index is 11.7. The van der Waals surface area contributed by atoms with Crippen molar-refractivity contribution in [3.05, 3.63) is 0 Å². The van der Waals surface area contributed by atoms with Crippen LogP contribution in [-0.2, 0) is 9.59 Å². The molecule has 1 unspecified atom stereocenters. The molecule has 0 aromatic heterocycles. The number of alkyl halides is 1. The standard InChI is InChI=1S/C10H15BrN2O2/c11-8-2-1-5-13(10(8)15)6-9(14)12-7-3-4-7/h7-8H,1-6H2,(H,12,14). The van der Waals surface area contributed by atoms with Gasteiger partial charge in [0.2, 0.25) is 11.8 Å². The number of hydrogen-bond acceptors (Lipinski definition) is 2. The molecule has 2 amide bonds. The number of piperidine rings is 1. The molecule has 0 bridgehead atoms. The van der Waals surface area contributed by atoms with Gasteiger partial charge in [-0.05, 0) is 25.7 Å². The summed E-state index contributed by atoms with van der Waals surface area (Å²) in [5.74, 6) is 0.0275. The molecule has 4 nitrogen and oxygen atoms in total. The first-order chi connectivity index (χ1) is 7.16. The van der Waals surface area contributed by atoms with E-state index in [0.29, 0.717) is 12.6 Å². The second-order valence-corrected chi connectivity index (χ2v) is 5.32. The van der Waals surface area contributed by atoms with Gasteiger partial charge in [0.25, 0.3) is 0 Å². The zero-order chi connectivity index (χ0) is 10.8. The van der Waals surface area contributed by atoms with Gasteiger partial charge in [-0.3, -0.25) is 9.59 Å². The Morgan fingerprint density at radius 3 is 2.87 bits per heavy atom. The lowest BCUT2D eigenvalue weighted by Gasteiger charge is -2.29. The first kappa shape index (κ1) is 10.9. The van der Waals surface area contributed by atoms with Gasteiger partial charge < -0.3 is 10.2 Å². The predicted molar refractivity (Wildman–Crippen MR) is 59.7 cm³/mol. The van der Waals surface area contributed by atoms with E-state index in [2.05, 4.69) is 21.2 Å². The van der Waals surface area contributed by atoms with Gasteiger partial charge in [0.05, 0.1) is 11.4 Å². The molecular weight excluding hydrogens is 260 g/mol. The Kier molecular flexibility index (Phi) is 3.29. The minimum absolute atomic E-state index is 0.0209. The molecule has 1 saturated heterocycles. The predicted octanol–water partition coefficient (Wildman–Crippen LogP) is 0.651. The van der Waals surface area contributed by atoms with Crippen LogP contribution in [0.15, 0.2) is 0 Å². The van der Waals surface area contributed by atoms with Crippen molar-refractivity contribution in [3.8, 4) is 0 Å². The molecule has 0 spiro atoms. The zero-order valence-corrected chi connectivity index (χ0v) is 10.1. The quantitative estimate of drug-likeness (QED) is 0.769. The fourth-order valence-electron chi connectivity index (χ4n) is 1.72. The third-order valence-electron chi connectivity index (χ3n) is 2.74. The number of amides is 2. The molecule has 5 heteroatoms. The third-order valence-corrected chi connectivity index (χ3v) is 3.59. The first-order valence-electron chi connectivity index (χ1n) is 5.39. The lowest BCUT2D eigenvalue weighted by molar-refractivity contribution is -0.137. The summed E-state index contributed by atoms with van der Waals surface area (Å²) in [6.07, 6.45) is 4.01.